The van der Waals surface area contributed by atoms with Crippen molar-refractivity contribution in [3.05, 3.63) is 75.7 Å². The van der Waals surface area contributed by atoms with E-state index in [1.165, 1.54) is 11.8 Å². The molecular weight excluding hydrogens is 402 g/mol. The number of rotatable bonds is 7. The lowest BCUT2D eigenvalue weighted by Crippen LogP contribution is -1.95. The summed E-state index contributed by atoms with van der Waals surface area (Å²) < 4.78 is 11.4. The fraction of sp³-hybridized carbons (Fsp3) is 0.105. The Morgan fingerprint density at radius 3 is 2.67 bits per heavy atom. The van der Waals surface area contributed by atoms with Crippen molar-refractivity contribution in [1.29, 1.82) is 0 Å². The summed E-state index contributed by atoms with van der Waals surface area (Å²) in [6, 6.07) is 17.0. The van der Waals surface area contributed by atoms with Crippen molar-refractivity contribution in [3.8, 4) is 17.2 Å². The van der Waals surface area contributed by atoms with E-state index in [1.54, 1.807) is 23.5 Å². The van der Waals surface area contributed by atoms with Crippen molar-refractivity contribution in [1.82, 2.24) is 15.2 Å². The normalized spacial score (nSPS) is 10.9. The third-order valence-corrected chi connectivity index (χ3v) is 5.52. The zero-order valence-electron chi connectivity index (χ0n) is 14.0. The minimum absolute atomic E-state index is 0.426. The van der Waals surface area contributed by atoms with Crippen molar-refractivity contribution in [2.45, 2.75) is 17.6 Å². The fourth-order valence-corrected chi connectivity index (χ4v) is 3.85. The van der Waals surface area contributed by atoms with E-state index in [9.17, 15) is 0 Å². The number of nitrogens with zero attached hydrogens (tertiary/aromatic N) is 3. The maximum absolute atomic E-state index is 5.87. The maximum Gasteiger partial charge on any atom is 0.277 e. The first-order chi connectivity index (χ1) is 13.3. The van der Waals surface area contributed by atoms with Crippen LogP contribution in [0.1, 0.15) is 10.7 Å². The van der Waals surface area contributed by atoms with Gasteiger partial charge in [-0.05, 0) is 36.4 Å². The molecule has 0 radical (unpaired) electrons. The molecule has 0 aliphatic rings. The van der Waals surface area contributed by atoms with Gasteiger partial charge in [-0.2, -0.15) is 0 Å². The van der Waals surface area contributed by atoms with Gasteiger partial charge < -0.3 is 9.15 Å². The van der Waals surface area contributed by atoms with E-state index in [0.717, 1.165) is 22.0 Å². The van der Waals surface area contributed by atoms with Crippen molar-refractivity contribution < 1.29 is 9.15 Å². The highest BCUT2D eigenvalue weighted by molar-refractivity contribution is 7.98. The second-order valence-corrected chi connectivity index (χ2v) is 7.81. The van der Waals surface area contributed by atoms with Crippen LogP contribution in [0.3, 0.4) is 0 Å². The van der Waals surface area contributed by atoms with Crippen LogP contribution in [-0.2, 0) is 12.4 Å². The van der Waals surface area contributed by atoms with Crippen molar-refractivity contribution in [3.63, 3.8) is 0 Å². The average molecular weight is 416 g/mol. The molecule has 0 bridgehead atoms. The molecule has 0 saturated carbocycles. The Balaban J connectivity index is 1.31. The van der Waals surface area contributed by atoms with Crippen LogP contribution in [0.5, 0.6) is 5.75 Å². The number of hydrogen-bond donors (Lipinski definition) is 0. The predicted octanol–water partition coefficient (Wildman–Crippen LogP) is 5.72. The molecule has 2 heterocycles. The predicted molar refractivity (Wildman–Crippen MR) is 107 cm³/mol. The first-order valence-electron chi connectivity index (χ1n) is 8.09. The number of ether oxygens (including phenoxy) is 1. The van der Waals surface area contributed by atoms with Crippen LogP contribution in [0.2, 0.25) is 5.02 Å². The van der Waals surface area contributed by atoms with Crippen LogP contribution in [0.4, 0.5) is 0 Å². The van der Waals surface area contributed by atoms with Gasteiger partial charge in [-0.15, -0.1) is 21.5 Å². The van der Waals surface area contributed by atoms with Gasteiger partial charge in [0.05, 0.1) is 5.69 Å². The van der Waals surface area contributed by atoms with E-state index in [-0.39, 0.29) is 0 Å². The van der Waals surface area contributed by atoms with Gasteiger partial charge in [-0.25, -0.2) is 4.98 Å². The summed E-state index contributed by atoms with van der Waals surface area (Å²) in [5.74, 6) is 1.95. The zero-order chi connectivity index (χ0) is 18.5. The van der Waals surface area contributed by atoms with E-state index in [4.69, 9.17) is 20.8 Å². The van der Waals surface area contributed by atoms with Crippen LogP contribution in [0, 0.1) is 0 Å². The van der Waals surface area contributed by atoms with Crippen LogP contribution >= 0.6 is 34.7 Å². The second kappa shape index (κ2) is 8.56. The summed E-state index contributed by atoms with van der Waals surface area (Å²) in [5, 5.41) is 12.3. The molecule has 4 aromatic rings. The van der Waals surface area contributed by atoms with Gasteiger partial charge in [-0.1, -0.05) is 41.6 Å². The molecule has 0 aliphatic carbocycles. The minimum atomic E-state index is 0.426. The molecule has 4 rings (SSSR count). The molecule has 0 spiro atoms. The third kappa shape index (κ3) is 4.88. The van der Waals surface area contributed by atoms with Crippen LogP contribution < -0.4 is 4.74 Å². The summed E-state index contributed by atoms with van der Waals surface area (Å²) >= 11 is 8.90. The lowest BCUT2D eigenvalue weighted by atomic mass is 10.2. The smallest absolute Gasteiger partial charge is 0.277 e. The Bertz CT molecular complexity index is 1000. The topological polar surface area (TPSA) is 61.0 Å². The van der Waals surface area contributed by atoms with E-state index in [2.05, 4.69) is 15.2 Å². The minimum Gasteiger partial charge on any atom is -0.486 e. The number of thioether (sulfide) groups is 1. The molecule has 0 saturated heterocycles. The van der Waals surface area contributed by atoms with E-state index < -0.39 is 0 Å². The molecule has 0 aliphatic heterocycles. The summed E-state index contributed by atoms with van der Waals surface area (Å²) in [7, 11) is 0. The van der Waals surface area contributed by atoms with Crippen LogP contribution in [-0.4, -0.2) is 15.2 Å². The van der Waals surface area contributed by atoms with Gasteiger partial charge >= 0.3 is 0 Å². The zero-order valence-corrected chi connectivity index (χ0v) is 16.4. The molecule has 0 amide bonds. The number of benzene rings is 2. The van der Waals surface area contributed by atoms with Crippen LogP contribution in [0.25, 0.3) is 11.5 Å². The fourth-order valence-electron chi connectivity index (χ4n) is 2.26. The van der Waals surface area contributed by atoms with Gasteiger partial charge in [0.1, 0.15) is 17.4 Å². The lowest BCUT2D eigenvalue weighted by Gasteiger charge is -2.03. The number of thiazole rings is 1. The molecule has 5 nitrogen and oxygen atoms in total. The van der Waals surface area contributed by atoms with Crippen LogP contribution in [0.15, 0.2) is 69.6 Å². The summed E-state index contributed by atoms with van der Waals surface area (Å²) in [5.41, 5.74) is 1.87. The molecule has 0 atom stereocenters. The molecule has 0 N–H and O–H groups in total. The standard InChI is InChI=1S/C19H14ClN3O2S2/c20-14-6-8-16(9-7-14)24-10-17-21-15(11-26-17)12-27-19-23-22-18(25-19)13-4-2-1-3-5-13/h1-9,11H,10,12H2. The highest BCUT2D eigenvalue weighted by atomic mass is 35.5. The molecule has 136 valence electrons. The Hall–Kier alpha value is -2.35. The van der Waals surface area contributed by atoms with E-state index in [1.807, 2.05) is 47.8 Å². The molecule has 0 unspecified atom stereocenters. The average Bonchev–Trinajstić information content (AvgIpc) is 3.36. The Kier molecular flexibility index (Phi) is 5.72. The molecular formula is C19H14ClN3O2S2. The van der Waals surface area contributed by atoms with Crippen molar-refractivity contribution >= 4 is 34.7 Å². The van der Waals surface area contributed by atoms with Gasteiger partial charge in [0.2, 0.25) is 5.89 Å². The maximum atomic E-state index is 5.87. The van der Waals surface area contributed by atoms with Gasteiger partial charge in [0, 0.05) is 21.7 Å². The highest BCUT2D eigenvalue weighted by Crippen LogP contribution is 2.26. The molecule has 27 heavy (non-hydrogen) atoms. The quantitative estimate of drug-likeness (QED) is 0.360. The Morgan fingerprint density at radius 2 is 1.85 bits per heavy atom. The van der Waals surface area contributed by atoms with Crippen molar-refractivity contribution in [2.75, 3.05) is 0 Å². The molecule has 8 heteroatoms. The summed E-state index contributed by atoms with van der Waals surface area (Å²) in [6.07, 6.45) is 0. The second-order valence-electron chi connectivity index (χ2n) is 5.50. The number of halogens is 1. The molecule has 2 aromatic heterocycles. The number of hydrogen-bond acceptors (Lipinski definition) is 7. The first-order valence-corrected chi connectivity index (χ1v) is 10.3. The van der Waals surface area contributed by atoms with Gasteiger partial charge in [0.25, 0.3) is 5.22 Å². The largest absolute Gasteiger partial charge is 0.486 e. The van der Waals surface area contributed by atoms with E-state index >= 15 is 0 Å². The van der Waals surface area contributed by atoms with Gasteiger partial charge in [-0.3, -0.25) is 0 Å². The van der Waals surface area contributed by atoms with Crippen molar-refractivity contribution in [2.24, 2.45) is 0 Å². The Morgan fingerprint density at radius 1 is 1.04 bits per heavy atom. The van der Waals surface area contributed by atoms with E-state index in [0.29, 0.717) is 28.5 Å². The number of aromatic nitrogens is 3. The van der Waals surface area contributed by atoms with Gasteiger partial charge in [0.15, 0.2) is 0 Å². The lowest BCUT2D eigenvalue weighted by molar-refractivity contribution is 0.305. The Labute approximate surface area is 169 Å². The molecule has 2 aromatic carbocycles. The summed E-state index contributed by atoms with van der Waals surface area (Å²) in [4.78, 5) is 4.58. The molecule has 0 fully saturated rings. The first kappa shape index (κ1) is 18.0. The summed E-state index contributed by atoms with van der Waals surface area (Å²) in [6.45, 7) is 0.426. The monoisotopic (exact) mass is 415 g/mol. The SMILES string of the molecule is Clc1ccc(OCc2nc(CSc3nnc(-c4ccccc4)o3)cs2)cc1. The highest BCUT2D eigenvalue weighted by Gasteiger charge is 2.10. The third-order valence-electron chi connectivity index (χ3n) is 3.55.